The highest BCUT2D eigenvalue weighted by atomic mass is 15.2. The standard InChI is InChI=1S/C92H72BN3/c1-57-24-18-25-58(2)87(57)69-38-22-39-73(50-69)95-83-53-71(89-61(5)28-20-29-62(89)6)42-46-79(83)93-80-47-45-74(94-81-48-43-68(65-32-12-9-13-33-65)51-77(81)78-52-70(44-49-82(78)94)88-59(3)26-19-27-60(88)4)56-84(80)96(86-55-72(54-85(95)91(86)93)90-63(7)30-21-31-64(90)8)92-75(66-34-14-10-15-35-66)40-23-41-76(92)67-36-16-11-17-37-67/h9-56H,1-8H3/i10D,11D,14D,15D,16D,17D,22D,32D,33D,34D,35D,36D,37D,38D,39D,42D,43D,44D,46D,48D,49D,50D,51D,52D,53D. The maximum atomic E-state index is 11.2. The molecule has 0 aliphatic carbocycles. The average Bonchev–Trinajstić information content (AvgIpc) is 1.21. The molecule has 17 rings (SSSR count). The lowest BCUT2D eigenvalue weighted by molar-refractivity contribution is 1.17. The molecule has 2 aliphatic heterocycles. The first-order valence-electron chi connectivity index (χ1n) is 44.2. The summed E-state index contributed by atoms with van der Waals surface area (Å²) in [5.74, 6) is 0. The first kappa shape index (κ1) is 37.4. The van der Waals surface area contributed by atoms with Crippen molar-refractivity contribution < 1.29 is 34.3 Å². The van der Waals surface area contributed by atoms with Crippen LogP contribution in [-0.2, 0) is 0 Å². The number of fused-ring (bicyclic) bond motifs is 7. The van der Waals surface area contributed by atoms with Crippen molar-refractivity contribution in [3.05, 3.63) is 335 Å². The molecule has 0 N–H and O–H groups in total. The molecule has 0 saturated carbocycles. The average molecular weight is 1260 g/mol. The molecule has 2 aliphatic rings. The van der Waals surface area contributed by atoms with Gasteiger partial charge >= 0.3 is 0 Å². The first-order chi connectivity index (χ1) is 57.4. The topological polar surface area (TPSA) is 11.4 Å². The minimum absolute atomic E-state index is 0.00420. The molecule has 3 nitrogen and oxygen atoms in total. The maximum Gasteiger partial charge on any atom is 0.252 e. The number of para-hydroxylation sites is 1. The zero-order valence-electron chi connectivity index (χ0n) is 78.7. The Morgan fingerprint density at radius 2 is 0.750 bits per heavy atom. The number of hydrogen-bond acceptors (Lipinski definition) is 2. The Morgan fingerprint density at radius 1 is 0.292 bits per heavy atom. The van der Waals surface area contributed by atoms with Crippen LogP contribution in [0.2, 0.25) is 0 Å². The second-order valence-electron chi connectivity index (χ2n) is 24.8. The van der Waals surface area contributed by atoms with E-state index in [9.17, 15) is 31.5 Å². The molecule has 0 unspecified atom stereocenters. The van der Waals surface area contributed by atoms with Crippen LogP contribution in [0.3, 0.4) is 0 Å². The lowest BCUT2D eigenvalue weighted by Crippen LogP contribution is -2.61. The van der Waals surface area contributed by atoms with Gasteiger partial charge in [-0.1, -0.05) is 224 Å². The molecule has 0 bridgehead atoms. The molecular formula is C92H72BN3. The Labute approximate surface area is 599 Å². The van der Waals surface area contributed by atoms with Gasteiger partial charge in [0.2, 0.25) is 0 Å². The van der Waals surface area contributed by atoms with E-state index < -0.39 is 145 Å². The Bertz CT molecular complexity index is 6860. The van der Waals surface area contributed by atoms with Gasteiger partial charge in [0.25, 0.3) is 6.71 Å². The molecule has 0 fully saturated rings. The van der Waals surface area contributed by atoms with Crippen LogP contribution in [0.5, 0.6) is 0 Å². The largest absolute Gasteiger partial charge is 0.311 e. The summed E-state index contributed by atoms with van der Waals surface area (Å²) in [6, 6.07) is 24.1. The Kier molecular flexibility index (Phi) is 9.06. The van der Waals surface area contributed by atoms with E-state index in [1.165, 1.54) is 45.9 Å². The highest BCUT2D eigenvalue weighted by molar-refractivity contribution is 7.00. The monoisotopic (exact) mass is 1250 g/mol. The number of hydrogen-bond donors (Lipinski definition) is 0. The summed E-state index contributed by atoms with van der Waals surface area (Å²) in [6.07, 6.45) is 0. The van der Waals surface area contributed by atoms with Crippen molar-refractivity contribution in [2.24, 2.45) is 0 Å². The van der Waals surface area contributed by atoms with Crippen molar-refractivity contribution in [1.82, 2.24) is 4.57 Å². The number of rotatable bonds is 10. The summed E-state index contributed by atoms with van der Waals surface area (Å²) >= 11 is 0. The zero-order chi connectivity index (χ0) is 86.8. The number of nitrogens with zero attached hydrogens (tertiary/aromatic N) is 3. The van der Waals surface area contributed by atoms with Gasteiger partial charge in [0, 0.05) is 56.0 Å². The molecule has 1 aromatic heterocycles. The molecular weight excluding hydrogens is 1160 g/mol. The van der Waals surface area contributed by atoms with Gasteiger partial charge in [-0.05, 0) is 250 Å². The summed E-state index contributed by atoms with van der Waals surface area (Å²) in [6.45, 7) is 13.1. The van der Waals surface area contributed by atoms with Gasteiger partial charge in [-0.15, -0.1) is 0 Å². The van der Waals surface area contributed by atoms with E-state index >= 15 is 0 Å². The molecule has 96 heavy (non-hydrogen) atoms. The Hall–Kier alpha value is -11.5. The van der Waals surface area contributed by atoms with Crippen molar-refractivity contribution in [3.8, 4) is 83.6 Å². The van der Waals surface area contributed by atoms with E-state index in [0.717, 1.165) is 0 Å². The Morgan fingerprint density at radius 3 is 1.30 bits per heavy atom. The molecule has 0 atom stereocenters. The third-order valence-corrected chi connectivity index (χ3v) is 18.8. The van der Waals surface area contributed by atoms with Crippen LogP contribution in [-0.4, -0.2) is 11.3 Å². The predicted molar refractivity (Wildman–Crippen MR) is 411 cm³/mol. The van der Waals surface area contributed by atoms with E-state index in [4.69, 9.17) is 2.74 Å². The zero-order valence-corrected chi connectivity index (χ0v) is 53.7. The SMILES string of the molecule is [2H]c1cccc([2H])c1-c1c([2H])c([2H])c2c(c1[2H])c1c([2H])c(-c3c(C)cccc3C)c([2H])c([2H])c1n2-c1ccc2c(c1)N(c1c(-c3c([2H])c([2H])c([2H])c([2H])c3[2H])cccc1-c1c([2H])c([2H])c([2H])c([2H])c1[2H])c1cc(-c3c(C)cccc3C)cc3c1B2c1c([2H])c([2H])c(-c2c(C)cccc2C)c([2H])c1N3c1c([2H])c([2H])c([2H])c(-c2c(C)cccc2C)c1[2H]. The summed E-state index contributed by atoms with van der Waals surface area (Å²) in [7, 11) is 0. The van der Waals surface area contributed by atoms with Crippen LogP contribution < -0.4 is 26.2 Å². The summed E-state index contributed by atoms with van der Waals surface area (Å²) in [5.41, 5.74) is 4.67. The van der Waals surface area contributed by atoms with E-state index in [1.807, 2.05) is 76.2 Å². The summed E-state index contributed by atoms with van der Waals surface area (Å²) < 4.78 is 251. The third kappa shape index (κ3) is 9.49. The van der Waals surface area contributed by atoms with E-state index in [2.05, 4.69) is 0 Å². The van der Waals surface area contributed by atoms with E-state index in [1.54, 1.807) is 87.2 Å². The highest BCUT2D eigenvalue weighted by Gasteiger charge is 2.45. The minimum atomic E-state index is -1.44. The van der Waals surface area contributed by atoms with Crippen molar-refractivity contribution in [2.75, 3.05) is 9.80 Å². The Balaban J connectivity index is 1.15. The van der Waals surface area contributed by atoms with Gasteiger partial charge in [0.05, 0.1) is 51.0 Å². The second-order valence-corrected chi connectivity index (χ2v) is 24.8. The van der Waals surface area contributed by atoms with Gasteiger partial charge in [0.1, 0.15) is 0 Å². The van der Waals surface area contributed by atoms with E-state index in [-0.39, 0.29) is 141 Å². The van der Waals surface area contributed by atoms with Crippen molar-refractivity contribution >= 4 is 79.0 Å². The molecule has 0 radical (unpaired) electrons. The smallest absolute Gasteiger partial charge is 0.252 e. The molecule has 15 aromatic rings. The fraction of sp³-hybridized carbons (Fsp3) is 0.0870. The van der Waals surface area contributed by atoms with Gasteiger partial charge in [-0.3, -0.25) is 0 Å². The fourth-order valence-electron chi connectivity index (χ4n) is 14.7. The van der Waals surface area contributed by atoms with Crippen LogP contribution in [0.4, 0.5) is 34.1 Å². The van der Waals surface area contributed by atoms with Crippen molar-refractivity contribution in [3.63, 3.8) is 0 Å². The normalized spacial score (nSPS) is 16.0. The molecule has 0 amide bonds. The van der Waals surface area contributed by atoms with Crippen LogP contribution in [0, 0.1) is 55.4 Å². The van der Waals surface area contributed by atoms with Crippen LogP contribution in [0.1, 0.15) is 78.8 Å². The summed E-state index contributed by atoms with van der Waals surface area (Å²) in [4.78, 5) is 3.11. The van der Waals surface area contributed by atoms with Crippen LogP contribution >= 0.6 is 0 Å². The first-order valence-corrected chi connectivity index (χ1v) is 31.7. The van der Waals surface area contributed by atoms with Gasteiger partial charge in [0.15, 0.2) is 0 Å². The third-order valence-electron chi connectivity index (χ3n) is 18.8. The van der Waals surface area contributed by atoms with Crippen LogP contribution in [0.15, 0.2) is 291 Å². The number of aryl methyl sites for hydroxylation is 8. The summed E-state index contributed by atoms with van der Waals surface area (Å²) in [5, 5.41) is -0.315. The van der Waals surface area contributed by atoms with Crippen molar-refractivity contribution in [1.29, 1.82) is 0 Å². The lowest BCUT2D eigenvalue weighted by atomic mass is 9.33. The number of benzene rings is 14. The second kappa shape index (κ2) is 23.2. The molecule has 0 saturated heterocycles. The fourth-order valence-corrected chi connectivity index (χ4v) is 14.7. The quantitative estimate of drug-likeness (QED) is 0.126. The number of anilines is 6. The molecule has 458 valence electrons. The highest BCUT2D eigenvalue weighted by Crippen LogP contribution is 2.53. The molecule has 4 heteroatoms. The van der Waals surface area contributed by atoms with Crippen LogP contribution in [0.25, 0.3) is 105 Å². The minimum Gasteiger partial charge on any atom is -0.311 e. The molecule has 14 aromatic carbocycles. The molecule has 3 heterocycles. The maximum absolute atomic E-state index is 11.2. The van der Waals surface area contributed by atoms with Gasteiger partial charge < -0.3 is 14.4 Å². The van der Waals surface area contributed by atoms with Crippen molar-refractivity contribution in [2.45, 2.75) is 55.4 Å². The predicted octanol–water partition coefficient (Wildman–Crippen LogP) is 23.0. The molecule has 0 spiro atoms. The lowest BCUT2D eigenvalue weighted by Gasteiger charge is -2.45. The van der Waals surface area contributed by atoms with E-state index in [0.29, 0.717) is 72.3 Å². The number of aromatic nitrogens is 1. The van der Waals surface area contributed by atoms with Gasteiger partial charge in [-0.25, -0.2) is 0 Å². The van der Waals surface area contributed by atoms with Gasteiger partial charge in [-0.2, -0.15) is 0 Å².